The number of allylic oxidation sites excluding steroid dienone is 1. The van der Waals surface area contributed by atoms with Crippen molar-refractivity contribution in [2.24, 2.45) is 5.92 Å². The summed E-state index contributed by atoms with van der Waals surface area (Å²) in [7, 11) is 0. The number of carbonyl (C=O) groups excluding carboxylic acids is 3. The molecule has 1 unspecified atom stereocenters. The summed E-state index contributed by atoms with van der Waals surface area (Å²) in [5.74, 6) is 4.19. The third-order valence-corrected chi connectivity index (χ3v) is 8.09. The molecule has 8 heteroatoms. The first-order valence-corrected chi connectivity index (χ1v) is 16.7. The van der Waals surface area contributed by atoms with E-state index in [0.717, 1.165) is 24.3 Å². The van der Waals surface area contributed by atoms with E-state index < -0.39 is 6.10 Å². The topological polar surface area (TPSA) is 90.0 Å². The van der Waals surface area contributed by atoms with Gasteiger partial charge in [-0.2, -0.15) is 0 Å². The molecular formula is C37H51N3O4S. The van der Waals surface area contributed by atoms with Crippen molar-refractivity contribution in [1.29, 1.82) is 0 Å². The second-order valence-corrected chi connectivity index (χ2v) is 13.3. The van der Waals surface area contributed by atoms with Crippen LogP contribution in [-0.4, -0.2) is 58.9 Å². The van der Waals surface area contributed by atoms with Gasteiger partial charge in [0.2, 0.25) is 12.3 Å². The lowest BCUT2D eigenvalue weighted by Crippen LogP contribution is -2.39. The number of nitrogens with one attached hydrogen (secondary N) is 1. The monoisotopic (exact) mass is 633 g/mol. The molecule has 2 N–H and O–H groups in total. The second-order valence-electron chi connectivity index (χ2n) is 12.5. The quantitative estimate of drug-likeness (QED) is 0.246. The zero-order valence-corrected chi connectivity index (χ0v) is 29.1. The Bertz CT molecular complexity index is 1380. The number of thioether (sulfide) groups is 1. The maximum atomic E-state index is 12.1. The molecule has 4 rings (SSSR count). The minimum absolute atomic E-state index is 0.0799. The minimum Gasteiger partial charge on any atom is -0.391 e. The van der Waals surface area contributed by atoms with Crippen molar-refractivity contribution >= 4 is 34.9 Å². The van der Waals surface area contributed by atoms with E-state index in [1.165, 1.54) is 27.2 Å². The van der Waals surface area contributed by atoms with Crippen LogP contribution < -0.4 is 5.32 Å². The van der Waals surface area contributed by atoms with Gasteiger partial charge < -0.3 is 20.2 Å². The second kappa shape index (κ2) is 19.1. The number of aliphatic hydroxyl groups is 1. The van der Waals surface area contributed by atoms with Crippen molar-refractivity contribution in [3.8, 4) is 11.2 Å². The zero-order valence-electron chi connectivity index (χ0n) is 28.3. The molecule has 0 saturated carbocycles. The smallest absolute Gasteiger partial charge is 0.254 e. The molecule has 1 atom stereocenters. The molecule has 1 fully saturated rings. The highest BCUT2D eigenvalue weighted by molar-refractivity contribution is 8.12. The number of aliphatic hydroxyl groups excluding tert-OH is 1. The Labute approximate surface area is 274 Å². The van der Waals surface area contributed by atoms with E-state index in [1.54, 1.807) is 27.6 Å². The van der Waals surface area contributed by atoms with E-state index in [0.29, 0.717) is 44.1 Å². The van der Waals surface area contributed by atoms with E-state index in [1.807, 2.05) is 18.2 Å². The Kier molecular flexibility index (Phi) is 16.0. The van der Waals surface area contributed by atoms with Crippen molar-refractivity contribution in [2.75, 3.05) is 19.6 Å². The largest absolute Gasteiger partial charge is 0.391 e. The van der Waals surface area contributed by atoms with E-state index in [4.69, 9.17) is 0 Å². The van der Waals surface area contributed by atoms with Crippen LogP contribution in [0.25, 0.3) is 4.91 Å². The van der Waals surface area contributed by atoms with Gasteiger partial charge >= 0.3 is 0 Å². The van der Waals surface area contributed by atoms with Gasteiger partial charge in [-0.25, -0.2) is 0 Å². The van der Waals surface area contributed by atoms with Gasteiger partial charge in [0, 0.05) is 43.1 Å². The third-order valence-electron chi connectivity index (χ3n) is 7.00. The predicted octanol–water partition coefficient (Wildman–Crippen LogP) is 6.81. The van der Waals surface area contributed by atoms with Crippen LogP contribution in [0.15, 0.2) is 48.0 Å². The highest BCUT2D eigenvalue weighted by Gasteiger charge is 2.31. The van der Waals surface area contributed by atoms with Crippen LogP contribution in [0.2, 0.25) is 0 Å². The number of carbonyl (C=O) groups is 3. The average molecular weight is 634 g/mol. The van der Waals surface area contributed by atoms with Crippen LogP contribution in [0.3, 0.4) is 0 Å². The first-order valence-electron chi connectivity index (χ1n) is 15.8. The van der Waals surface area contributed by atoms with Gasteiger partial charge in [-0.15, -0.1) is 0 Å². The van der Waals surface area contributed by atoms with Crippen LogP contribution >= 0.6 is 11.8 Å². The summed E-state index contributed by atoms with van der Waals surface area (Å²) in [4.78, 5) is 39.1. The van der Waals surface area contributed by atoms with Gasteiger partial charge in [0.15, 0.2) is 0 Å². The fourth-order valence-corrected chi connectivity index (χ4v) is 5.64. The number of nitrogens with zero attached hydrogens (tertiary/aromatic N) is 2. The molecule has 2 heterocycles. The molecular weight excluding hydrogens is 582 g/mol. The van der Waals surface area contributed by atoms with Crippen molar-refractivity contribution in [3.05, 3.63) is 75.9 Å². The number of β-amino-alcohol motifs (C(OH)–C–C–N with tert-alkyl or cyclic N) is 1. The summed E-state index contributed by atoms with van der Waals surface area (Å²) in [6.07, 6.45) is 1.82. The Morgan fingerprint density at radius 1 is 1.13 bits per heavy atom. The molecule has 0 spiro atoms. The van der Waals surface area contributed by atoms with Crippen LogP contribution in [-0.2, 0) is 22.7 Å². The Balaban J connectivity index is 0.000000282. The highest BCUT2D eigenvalue weighted by Crippen LogP contribution is 2.33. The molecule has 244 valence electrons. The number of benzene rings is 2. The van der Waals surface area contributed by atoms with Crippen molar-refractivity contribution < 1.29 is 19.5 Å². The van der Waals surface area contributed by atoms with Crippen molar-refractivity contribution in [2.45, 2.75) is 93.3 Å². The summed E-state index contributed by atoms with van der Waals surface area (Å²) in [5, 5.41) is 15.3. The summed E-state index contributed by atoms with van der Waals surface area (Å²) in [5.41, 5.74) is 6.58. The molecule has 1 saturated heterocycles. The molecule has 0 aliphatic carbocycles. The summed E-state index contributed by atoms with van der Waals surface area (Å²) in [6, 6.07) is 13.9. The normalized spacial score (nSPS) is 14.9. The molecule has 7 nitrogen and oxygen atoms in total. The average Bonchev–Trinajstić information content (AvgIpc) is 3.57. The van der Waals surface area contributed by atoms with Gasteiger partial charge in [-0.05, 0) is 77.4 Å². The lowest BCUT2D eigenvalue weighted by molar-refractivity contribution is -0.131. The van der Waals surface area contributed by atoms with E-state index in [9.17, 15) is 19.5 Å². The summed E-state index contributed by atoms with van der Waals surface area (Å²) >= 11 is 1.60. The van der Waals surface area contributed by atoms with Crippen molar-refractivity contribution in [1.82, 2.24) is 15.1 Å². The first-order chi connectivity index (χ1) is 21.4. The molecule has 2 aliphatic rings. The maximum Gasteiger partial charge on any atom is 0.254 e. The molecule has 0 bridgehead atoms. The molecule has 0 radical (unpaired) electrons. The Hall–Kier alpha value is -3.54. The lowest BCUT2D eigenvalue weighted by atomic mass is 9.94. The van der Waals surface area contributed by atoms with Gasteiger partial charge in [0.1, 0.15) is 6.54 Å². The SMILES string of the molecule is CC(C)C.CCC#CSC(=C(C)C)c1ccc(CNC=O)c(C(C)C)c1.O=C(CN1Cc2ccccc2C1=O)N1CCC(O)C1. The summed E-state index contributed by atoms with van der Waals surface area (Å²) in [6.45, 7) is 19.3. The third kappa shape index (κ3) is 12.1. The number of hydrogen-bond acceptors (Lipinski definition) is 5. The van der Waals surface area contributed by atoms with E-state index in [-0.39, 0.29) is 18.4 Å². The molecule has 45 heavy (non-hydrogen) atoms. The molecule has 2 aromatic rings. The number of fused-ring (bicyclic) bond motifs is 1. The number of hydrogen-bond donors (Lipinski definition) is 2. The standard InChI is InChI=1S/C19H25NOS.C14H16N2O3.C4H10/c1-6-7-10-22-19(15(4)5)16-8-9-17(12-20-13-21)18(11-16)14(2)3;17-11-5-6-15(8-11)13(18)9-16-7-10-3-1-2-4-12(10)14(16)19;1-4(2)3/h8-9,11,13-14H,6,12H2,1-5H3,(H,20,21);1-4,11,17H,5-9H2;4H,1-3H3. The van der Waals surface area contributed by atoms with Gasteiger partial charge in [-0.3, -0.25) is 14.4 Å². The van der Waals surface area contributed by atoms with Gasteiger partial charge in [-0.1, -0.05) is 89.4 Å². The minimum atomic E-state index is -0.421. The zero-order chi connectivity index (χ0) is 33.5. The van der Waals surface area contributed by atoms with Crippen molar-refractivity contribution in [3.63, 3.8) is 0 Å². The Morgan fingerprint density at radius 3 is 2.38 bits per heavy atom. The fourth-order valence-electron chi connectivity index (χ4n) is 4.87. The van der Waals surface area contributed by atoms with Gasteiger partial charge in [0.25, 0.3) is 5.91 Å². The van der Waals surface area contributed by atoms with Crippen LogP contribution in [0, 0.1) is 17.1 Å². The van der Waals surface area contributed by atoms with Crippen LogP contribution in [0.1, 0.15) is 107 Å². The van der Waals surface area contributed by atoms with E-state index >= 15 is 0 Å². The molecule has 3 amide bonds. The number of amides is 3. The number of likely N-dealkylation sites (tertiary alicyclic amines) is 1. The molecule has 0 aromatic heterocycles. The molecule has 2 aliphatic heterocycles. The van der Waals surface area contributed by atoms with Crippen LogP contribution in [0.5, 0.6) is 0 Å². The fraction of sp³-hybridized carbons (Fsp3) is 0.486. The first kappa shape index (κ1) is 37.6. The van der Waals surface area contributed by atoms with Crippen LogP contribution in [0.4, 0.5) is 0 Å². The maximum absolute atomic E-state index is 12.1. The predicted molar refractivity (Wildman–Crippen MR) is 186 cm³/mol. The number of rotatable bonds is 8. The summed E-state index contributed by atoms with van der Waals surface area (Å²) < 4.78 is 0. The Morgan fingerprint density at radius 2 is 1.82 bits per heavy atom. The van der Waals surface area contributed by atoms with Gasteiger partial charge in [0.05, 0.1) is 6.10 Å². The van der Waals surface area contributed by atoms with E-state index in [2.05, 4.69) is 90.1 Å². The highest BCUT2D eigenvalue weighted by atomic mass is 32.2. The lowest BCUT2D eigenvalue weighted by Gasteiger charge is -2.20. The molecule has 2 aromatic carbocycles.